The summed E-state index contributed by atoms with van der Waals surface area (Å²) in [7, 11) is 0. The molecule has 0 amide bonds. The Hall–Kier alpha value is -2.31. The number of benzene rings is 1. The van der Waals surface area contributed by atoms with Crippen LogP contribution in [0.5, 0.6) is 11.5 Å². The lowest BCUT2D eigenvalue weighted by Gasteiger charge is -2.26. The van der Waals surface area contributed by atoms with Gasteiger partial charge in [-0.2, -0.15) is 0 Å². The van der Waals surface area contributed by atoms with Crippen LogP contribution in [0.15, 0.2) is 24.3 Å². The maximum atomic E-state index is 10.4. The number of aliphatic hydroxyl groups excluding tert-OH is 1. The fourth-order valence-corrected chi connectivity index (χ4v) is 3.52. The van der Waals surface area contributed by atoms with E-state index in [1.807, 2.05) is 19.1 Å². The average Bonchev–Trinajstić information content (AvgIpc) is 2.66. The van der Waals surface area contributed by atoms with Gasteiger partial charge in [0.05, 0.1) is 24.5 Å². The highest BCUT2D eigenvalue weighted by Gasteiger charge is 2.23. The highest BCUT2D eigenvalue weighted by molar-refractivity contribution is 5.76. The highest BCUT2D eigenvalue weighted by Crippen LogP contribution is 2.40. The minimum atomic E-state index is -0.141. The van der Waals surface area contributed by atoms with Gasteiger partial charge in [0.15, 0.2) is 0 Å². The smallest absolute Gasteiger partial charge is 0.132 e. The van der Waals surface area contributed by atoms with Crippen molar-refractivity contribution in [1.29, 1.82) is 0 Å². The summed E-state index contributed by atoms with van der Waals surface area (Å²) in [6.45, 7) is 4.33. The summed E-state index contributed by atoms with van der Waals surface area (Å²) < 4.78 is 5.80. The van der Waals surface area contributed by atoms with E-state index in [0.717, 1.165) is 37.9 Å². The topological polar surface area (TPSA) is 101 Å². The van der Waals surface area contributed by atoms with Crippen molar-refractivity contribution in [3.8, 4) is 22.8 Å². The molecular formula is C21H31N3O3. The van der Waals surface area contributed by atoms with Crippen LogP contribution in [-0.2, 0) is 6.61 Å². The summed E-state index contributed by atoms with van der Waals surface area (Å²) in [4.78, 5) is 4.46. The molecule has 2 aromatic rings. The molecule has 0 bridgehead atoms. The molecule has 1 aliphatic rings. The Morgan fingerprint density at radius 3 is 2.70 bits per heavy atom. The Morgan fingerprint density at radius 1 is 1.30 bits per heavy atom. The van der Waals surface area contributed by atoms with Crippen LogP contribution in [0, 0.1) is 0 Å². The van der Waals surface area contributed by atoms with Crippen LogP contribution < -0.4 is 15.8 Å². The minimum Gasteiger partial charge on any atom is -0.507 e. The average molecular weight is 373 g/mol. The molecule has 6 nitrogen and oxygen atoms in total. The van der Waals surface area contributed by atoms with Gasteiger partial charge in [0.1, 0.15) is 17.3 Å². The van der Waals surface area contributed by atoms with Gasteiger partial charge in [0, 0.05) is 5.56 Å². The number of piperidine rings is 1. The summed E-state index contributed by atoms with van der Waals surface area (Å²) in [5.41, 5.74) is 9.00. The number of anilines is 1. The number of ether oxygens (including phenoxy) is 1. The number of hydrogen-bond donors (Lipinski definition) is 4. The van der Waals surface area contributed by atoms with Crippen molar-refractivity contribution in [1.82, 2.24) is 10.3 Å². The lowest BCUT2D eigenvalue weighted by molar-refractivity contribution is 0.279. The number of aromatic nitrogens is 1. The number of phenols is 1. The zero-order chi connectivity index (χ0) is 18.5. The molecule has 0 radical (unpaired) electrons. The molecule has 1 aliphatic heterocycles. The van der Waals surface area contributed by atoms with Gasteiger partial charge in [-0.25, -0.2) is 4.98 Å². The third-order valence-corrected chi connectivity index (χ3v) is 4.85. The lowest BCUT2D eigenvalue weighted by Crippen LogP contribution is -2.27. The van der Waals surface area contributed by atoms with Gasteiger partial charge in [0.2, 0.25) is 0 Å². The minimum absolute atomic E-state index is 0. The van der Waals surface area contributed by atoms with Gasteiger partial charge < -0.3 is 26.0 Å². The number of nitrogens with one attached hydrogen (secondary N) is 1. The van der Waals surface area contributed by atoms with Crippen LogP contribution in [0.1, 0.15) is 50.7 Å². The van der Waals surface area contributed by atoms with Crippen LogP contribution in [0.3, 0.4) is 0 Å². The first-order valence-electron chi connectivity index (χ1n) is 9.21. The van der Waals surface area contributed by atoms with Gasteiger partial charge in [-0.05, 0) is 62.0 Å². The monoisotopic (exact) mass is 373 g/mol. The molecular weight excluding hydrogens is 342 g/mol. The molecule has 148 valence electrons. The number of nitrogens with zero attached hydrogens (tertiary/aromatic N) is 1. The zero-order valence-electron chi connectivity index (χ0n) is 15.2. The Morgan fingerprint density at radius 2 is 2.04 bits per heavy atom. The van der Waals surface area contributed by atoms with E-state index >= 15 is 0 Å². The molecule has 1 saturated heterocycles. The van der Waals surface area contributed by atoms with Crippen molar-refractivity contribution in [2.45, 2.75) is 46.1 Å². The van der Waals surface area contributed by atoms with E-state index in [9.17, 15) is 10.2 Å². The second-order valence-electron chi connectivity index (χ2n) is 6.64. The van der Waals surface area contributed by atoms with Crippen molar-refractivity contribution in [3.05, 3.63) is 35.4 Å². The van der Waals surface area contributed by atoms with Gasteiger partial charge in [-0.3, -0.25) is 0 Å². The SMILES string of the molecule is C.CCCOc1cccc(O)c1-c1cc(C2CCNCC2)c(CO)c(N)n1. The largest absolute Gasteiger partial charge is 0.507 e. The Kier molecular flexibility index (Phi) is 7.45. The Balaban J connectivity index is 0.00000261. The molecule has 1 aromatic carbocycles. The third-order valence-electron chi connectivity index (χ3n) is 4.85. The van der Waals surface area contributed by atoms with Crippen LogP contribution in [0.2, 0.25) is 0 Å². The summed E-state index contributed by atoms with van der Waals surface area (Å²) in [6.07, 6.45) is 2.83. The predicted molar refractivity (Wildman–Crippen MR) is 109 cm³/mol. The number of hydrogen-bond acceptors (Lipinski definition) is 6. The van der Waals surface area contributed by atoms with E-state index in [1.165, 1.54) is 0 Å². The number of nitrogen functional groups attached to an aromatic ring is 1. The Labute approximate surface area is 161 Å². The maximum absolute atomic E-state index is 10.4. The van der Waals surface area contributed by atoms with Crippen LogP contribution in [0.25, 0.3) is 11.3 Å². The van der Waals surface area contributed by atoms with Crippen molar-refractivity contribution in [2.75, 3.05) is 25.4 Å². The summed E-state index contributed by atoms with van der Waals surface area (Å²) in [5.74, 6) is 1.32. The van der Waals surface area contributed by atoms with E-state index in [4.69, 9.17) is 10.5 Å². The van der Waals surface area contributed by atoms with Crippen molar-refractivity contribution in [2.24, 2.45) is 0 Å². The number of pyridine rings is 1. The number of aromatic hydroxyl groups is 1. The molecule has 5 N–H and O–H groups in total. The van der Waals surface area contributed by atoms with E-state index in [-0.39, 0.29) is 19.8 Å². The van der Waals surface area contributed by atoms with E-state index < -0.39 is 0 Å². The number of rotatable bonds is 6. The number of aliphatic hydroxyl groups is 1. The van der Waals surface area contributed by atoms with Crippen molar-refractivity contribution < 1.29 is 14.9 Å². The maximum Gasteiger partial charge on any atom is 0.132 e. The molecule has 1 aromatic heterocycles. The van der Waals surface area contributed by atoms with Gasteiger partial charge in [0.25, 0.3) is 0 Å². The highest BCUT2D eigenvalue weighted by atomic mass is 16.5. The predicted octanol–water partition coefficient (Wildman–Crippen LogP) is 3.42. The van der Waals surface area contributed by atoms with Crippen LogP contribution in [0.4, 0.5) is 5.82 Å². The summed E-state index contributed by atoms with van der Waals surface area (Å²) in [5, 5.41) is 23.6. The van der Waals surface area contributed by atoms with Gasteiger partial charge in [-0.1, -0.05) is 20.4 Å². The fraction of sp³-hybridized carbons (Fsp3) is 0.476. The van der Waals surface area contributed by atoms with E-state index in [1.54, 1.807) is 12.1 Å². The molecule has 0 aliphatic carbocycles. The van der Waals surface area contributed by atoms with Gasteiger partial charge >= 0.3 is 0 Å². The standard InChI is InChI=1S/C20H27N3O3.CH4/c1-2-10-26-18-5-3-4-17(25)19(18)16-11-14(13-6-8-22-9-7-13)15(12-24)20(21)23-16;/h3-5,11,13,22,24-25H,2,6-10,12H2,1H3,(H2,21,23);1H4. The molecule has 3 rings (SSSR count). The first kappa shape index (κ1) is 21.0. The molecule has 0 spiro atoms. The first-order chi connectivity index (χ1) is 12.7. The van der Waals surface area contributed by atoms with Crippen LogP contribution in [-0.4, -0.2) is 34.9 Å². The fourth-order valence-electron chi connectivity index (χ4n) is 3.52. The second-order valence-corrected chi connectivity index (χ2v) is 6.64. The number of nitrogens with two attached hydrogens (primary N) is 1. The molecule has 2 heterocycles. The lowest BCUT2D eigenvalue weighted by atomic mass is 9.86. The molecule has 0 unspecified atom stereocenters. The summed E-state index contributed by atoms with van der Waals surface area (Å²) >= 11 is 0. The molecule has 27 heavy (non-hydrogen) atoms. The molecule has 0 saturated carbocycles. The van der Waals surface area contributed by atoms with Crippen molar-refractivity contribution >= 4 is 5.82 Å². The second kappa shape index (κ2) is 9.58. The van der Waals surface area contributed by atoms with Gasteiger partial charge in [-0.15, -0.1) is 0 Å². The van der Waals surface area contributed by atoms with Crippen molar-refractivity contribution in [3.63, 3.8) is 0 Å². The normalized spacial score (nSPS) is 14.6. The third kappa shape index (κ3) is 4.51. The van der Waals surface area contributed by atoms with Crippen LogP contribution >= 0.6 is 0 Å². The molecule has 0 atom stereocenters. The van der Waals surface area contributed by atoms with E-state index in [2.05, 4.69) is 10.3 Å². The Bertz CT molecular complexity index is 759. The molecule has 6 heteroatoms. The quantitative estimate of drug-likeness (QED) is 0.619. The van der Waals surface area contributed by atoms with E-state index in [0.29, 0.717) is 40.9 Å². The zero-order valence-corrected chi connectivity index (χ0v) is 15.2. The summed E-state index contributed by atoms with van der Waals surface area (Å²) in [6, 6.07) is 7.15. The molecule has 1 fully saturated rings. The first-order valence-corrected chi connectivity index (χ1v) is 9.21. The number of phenolic OH excluding ortho intramolecular Hbond substituents is 1.